The molecule has 28 heavy (non-hydrogen) atoms. The van der Waals surface area contributed by atoms with E-state index < -0.39 is 29.8 Å². The number of aliphatic hydroxyl groups is 1. The van der Waals surface area contributed by atoms with Crippen LogP contribution in [0.4, 0.5) is 0 Å². The van der Waals surface area contributed by atoms with Crippen LogP contribution in [0.3, 0.4) is 0 Å². The first kappa shape index (κ1) is 21.5. The number of ether oxygens (including phenoxy) is 1. The molecule has 0 aromatic heterocycles. The fourth-order valence-electron chi connectivity index (χ4n) is 2.45. The molecule has 0 saturated heterocycles. The number of aliphatic carboxylic acids is 1. The summed E-state index contributed by atoms with van der Waals surface area (Å²) in [5.74, 6) is -2.79. The minimum absolute atomic E-state index is 0.0931. The zero-order valence-corrected chi connectivity index (χ0v) is 15.3. The van der Waals surface area contributed by atoms with E-state index in [0.29, 0.717) is 0 Å². The molecule has 2 aromatic carbocycles. The maximum atomic E-state index is 12.4. The van der Waals surface area contributed by atoms with Crippen LogP contribution < -0.4 is 5.32 Å². The van der Waals surface area contributed by atoms with E-state index in [0.717, 1.165) is 18.1 Å². The molecule has 0 aliphatic rings. The molecule has 0 aliphatic heterocycles. The third-order valence-corrected chi connectivity index (χ3v) is 4.25. The van der Waals surface area contributed by atoms with Gasteiger partial charge in [-0.3, -0.25) is 10.1 Å². The fraction of sp³-hybridized carbons (Fsp3) is 0.300. The summed E-state index contributed by atoms with van der Waals surface area (Å²) in [4.78, 5) is 27.5. The molecule has 4 N–H and O–H groups in total. The van der Waals surface area contributed by atoms with Gasteiger partial charge in [-0.15, -0.1) is 0 Å². The van der Waals surface area contributed by atoms with Crippen LogP contribution >= 0.6 is 0 Å². The number of carbonyl (C=O) groups is 2. The standard InChI is InChI=1S/C20H23NO7/c1-20(28-26,19(24)25)18(23)21-16(12-14-8-4-2-5-9-14)17(22)27-13-15-10-6-3-7-11-15/h2-11,16-17,22,26H,12-13H2,1H3,(H,21,23)(H,24,25)/t16-,17?,20?/m0/s1. The molecule has 2 rings (SSSR count). The van der Waals surface area contributed by atoms with Gasteiger partial charge in [-0.1, -0.05) is 60.7 Å². The second-order valence-corrected chi connectivity index (χ2v) is 6.39. The van der Waals surface area contributed by atoms with Gasteiger partial charge in [0.15, 0.2) is 6.29 Å². The third-order valence-electron chi connectivity index (χ3n) is 4.25. The molecule has 1 amide bonds. The lowest BCUT2D eigenvalue weighted by Crippen LogP contribution is -2.57. The second kappa shape index (κ2) is 9.95. The van der Waals surface area contributed by atoms with Gasteiger partial charge < -0.3 is 20.3 Å². The molecule has 8 nitrogen and oxygen atoms in total. The van der Waals surface area contributed by atoms with Crippen LogP contribution in [0.25, 0.3) is 0 Å². The SMILES string of the molecule is CC(OO)(C(=O)O)C(=O)N[C@@H](Cc1ccccc1)C(O)OCc1ccccc1. The Hall–Kier alpha value is -2.78. The number of nitrogens with one attached hydrogen (secondary N) is 1. The highest BCUT2D eigenvalue weighted by Crippen LogP contribution is 2.14. The van der Waals surface area contributed by atoms with Crippen LogP contribution in [-0.2, 0) is 32.2 Å². The molecule has 0 fully saturated rings. The normalized spacial score (nSPS) is 15.2. The molecule has 0 aliphatic carbocycles. The lowest BCUT2D eigenvalue weighted by molar-refractivity contribution is -0.302. The number of amides is 1. The Morgan fingerprint density at radius 3 is 2.07 bits per heavy atom. The van der Waals surface area contributed by atoms with Crippen molar-refractivity contribution in [3.8, 4) is 0 Å². The van der Waals surface area contributed by atoms with E-state index in [1.807, 2.05) is 36.4 Å². The fourth-order valence-corrected chi connectivity index (χ4v) is 2.45. The summed E-state index contributed by atoms with van der Waals surface area (Å²) >= 11 is 0. The lowest BCUT2D eigenvalue weighted by Gasteiger charge is -2.28. The highest BCUT2D eigenvalue weighted by molar-refractivity contribution is 6.05. The summed E-state index contributed by atoms with van der Waals surface area (Å²) in [5, 5.41) is 30.9. The topological polar surface area (TPSA) is 125 Å². The van der Waals surface area contributed by atoms with Crippen molar-refractivity contribution in [3.05, 3.63) is 71.8 Å². The zero-order valence-electron chi connectivity index (χ0n) is 15.3. The molecule has 0 heterocycles. The first-order valence-electron chi connectivity index (χ1n) is 8.61. The predicted molar refractivity (Wildman–Crippen MR) is 99.1 cm³/mol. The number of carboxylic acids is 1. The van der Waals surface area contributed by atoms with E-state index in [1.54, 1.807) is 24.3 Å². The summed E-state index contributed by atoms with van der Waals surface area (Å²) in [6, 6.07) is 17.2. The zero-order chi connectivity index (χ0) is 20.6. The maximum absolute atomic E-state index is 12.4. The van der Waals surface area contributed by atoms with Gasteiger partial charge in [0.05, 0.1) is 12.6 Å². The molecular weight excluding hydrogens is 366 g/mol. The number of hydrogen-bond donors (Lipinski definition) is 4. The van der Waals surface area contributed by atoms with Gasteiger partial charge in [0.2, 0.25) is 0 Å². The molecule has 2 aromatic rings. The Morgan fingerprint density at radius 2 is 1.57 bits per heavy atom. The monoisotopic (exact) mass is 389 g/mol. The van der Waals surface area contributed by atoms with Crippen LogP contribution in [0, 0.1) is 0 Å². The number of hydrogen-bond acceptors (Lipinski definition) is 6. The number of carbonyl (C=O) groups excluding carboxylic acids is 1. The highest BCUT2D eigenvalue weighted by Gasteiger charge is 2.45. The van der Waals surface area contributed by atoms with Crippen molar-refractivity contribution in [2.45, 2.75) is 37.9 Å². The number of benzene rings is 2. The molecule has 0 saturated carbocycles. The van der Waals surface area contributed by atoms with E-state index >= 15 is 0 Å². The van der Waals surface area contributed by atoms with Crippen molar-refractivity contribution in [2.24, 2.45) is 0 Å². The van der Waals surface area contributed by atoms with Crippen molar-refractivity contribution in [1.82, 2.24) is 5.32 Å². The average Bonchev–Trinajstić information content (AvgIpc) is 2.72. The minimum atomic E-state index is -2.52. The quantitative estimate of drug-likeness (QED) is 0.210. The molecule has 0 radical (unpaired) electrons. The summed E-state index contributed by atoms with van der Waals surface area (Å²) in [6.45, 7) is 0.997. The molecular formula is C20H23NO7. The summed E-state index contributed by atoms with van der Waals surface area (Å²) < 4.78 is 5.46. The van der Waals surface area contributed by atoms with Gasteiger partial charge in [0.25, 0.3) is 11.5 Å². The van der Waals surface area contributed by atoms with Crippen molar-refractivity contribution in [2.75, 3.05) is 0 Å². The molecule has 0 spiro atoms. The van der Waals surface area contributed by atoms with Gasteiger partial charge >= 0.3 is 5.97 Å². The Balaban J connectivity index is 2.13. The number of aliphatic hydroxyl groups excluding tert-OH is 1. The molecule has 2 unspecified atom stereocenters. The first-order valence-corrected chi connectivity index (χ1v) is 8.61. The smallest absolute Gasteiger partial charge is 0.349 e. The van der Waals surface area contributed by atoms with Crippen molar-refractivity contribution in [3.63, 3.8) is 0 Å². The van der Waals surface area contributed by atoms with Crippen LogP contribution in [0.1, 0.15) is 18.1 Å². The van der Waals surface area contributed by atoms with Crippen LogP contribution in [0.5, 0.6) is 0 Å². The molecule has 0 bridgehead atoms. The van der Waals surface area contributed by atoms with Gasteiger partial charge in [0.1, 0.15) is 0 Å². The Bertz CT molecular complexity index is 769. The number of carboxylic acid groups (broad SMARTS) is 1. The van der Waals surface area contributed by atoms with Crippen molar-refractivity contribution >= 4 is 11.9 Å². The summed E-state index contributed by atoms with van der Waals surface area (Å²) in [6.07, 6.45) is -1.26. The van der Waals surface area contributed by atoms with E-state index in [9.17, 15) is 14.7 Å². The third kappa shape index (κ3) is 5.61. The summed E-state index contributed by atoms with van der Waals surface area (Å²) in [5.41, 5.74) is -0.911. The van der Waals surface area contributed by atoms with E-state index in [4.69, 9.17) is 15.1 Å². The molecule has 8 heteroatoms. The first-order chi connectivity index (χ1) is 13.4. The van der Waals surface area contributed by atoms with Crippen molar-refractivity contribution < 1.29 is 34.7 Å². The van der Waals surface area contributed by atoms with Crippen LogP contribution in [-0.4, -0.2) is 45.3 Å². The Labute approximate surface area is 162 Å². The van der Waals surface area contributed by atoms with Gasteiger partial charge in [-0.2, -0.15) is 0 Å². The van der Waals surface area contributed by atoms with Gasteiger partial charge in [-0.05, 0) is 24.5 Å². The Morgan fingerprint density at radius 1 is 1.04 bits per heavy atom. The van der Waals surface area contributed by atoms with E-state index in [2.05, 4.69) is 10.2 Å². The molecule has 150 valence electrons. The van der Waals surface area contributed by atoms with Crippen molar-refractivity contribution in [1.29, 1.82) is 0 Å². The largest absolute Gasteiger partial charge is 0.479 e. The molecule has 3 atom stereocenters. The van der Waals surface area contributed by atoms with E-state index in [-0.39, 0.29) is 13.0 Å². The minimum Gasteiger partial charge on any atom is -0.479 e. The lowest BCUT2D eigenvalue weighted by atomic mass is 10.0. The Kier molecular flexibility index (Phi) is 7.65. The van der Waals surface area contributed by atoms with E-state index in [1.165, 1.54) is 0 Å². The predicted octanol–water partition coefficient (Wildman–Crippen LogP) is 1.58. The summed E-state index contributed by atoms with van der Waals surface area (Å²) in [7, 11) is 0. The maximum Gasteiger partial charge on any atom is 0.349 e. The van der Waals surface area contributed by atoms with Gasteiger partial charge in [0, 0.05) is 0 Å². The highest BCUT2D eigenvalue weighted by atomic mass is 17.1. The van der Waals surface area contributed by atoms with Crippen LogP contribution in [0.2, 0.25) is 0 Å². The second-order valence-electron chi connectivity index (χ2n) is 6.39. The van der Waals surface area contributed by atoms with Gasteiger partial charge in [-0.25, -0.2) is 9.68 Å². The average molecular weight is 389 g/mol. The number of rotatable bonds is 10. The van der Waals surface area contributed by atoms with Crippen LogP contribution in [0.15, 0.2) is 60.7 Å².